The van der Waals surface area contributed by atoms with E-state index in [9.17, 15) is 10.1 Å². The number of thioether (sulfide) groups is 1. The van der Waals surface area contributed by atoms with Gasteiger partial charge < -0.3 is 9.73 Å². The van der Waals surface area contributed by atoms with Gasteiger partial charge in [-0.25, -0.2) is 0 Å². The Hall–Kier alpha value is -1.01. The molecule has 0 aliphatic rings. The minimum Gasteiger partial charge on any atom is -0.404 e. The highest BCUT2D eigenvalue weighted by molar-refractivity contribution is 7.98. The highest BCUT2D eigenvalue weighted by Crippen LogP contribution is 2.15. The molecule has 1 heterocycles. The Morgan fingerprint density at radius 3 is 3.00 bits per heavy atom. The van der Waals surface area contributed by atoms with E-state index < -0.39 is 4.92 Å². The summed E-state index contributed by atoms with van der Waals surface area (Å²) in [6.45, 7) is 1.44. The second-order valence-corrected chi connectivity index (χ2v) is 4.01. The molecule has 0 aliphatic heterocycles. The van der Waals surface area contributed by atoms with Gasteiger partial charge in [0.1, 0.15) is 10.7 Å². The van der Waals surface area contributed by atoms with Crippen molar-refractivity contribution in [1.29, 1.82) is 0 Å². The average Bonchev–Trinajstić information content (AvgIpc) is 2.66. The predicted octanol–water partition coefficient (Wildman–Crippen LogP) is 2.03. The largest absolute Gasteiger partial charge is 0.433 e. The first-order chi connectivity index (χ1) is 7.24. The van der Waals surface area contributed by atoms with Crippen molar-refractivity contribution in [2.45, 2.75) is 13.0 Å². The van der Waals surface area contributed by atoms with Gasteiger partial charge in [-0.05, 0) is 31.0 Å². The monoisotopic (exact) mass is 230 g/mol. The van der Waals surface area contributed by atoms with Gasteiger partial charge >= 0.3 is 5.88 Å². The molecule has 5 nitrogen and oxygen atoms in total. The predicted molar refractivity (Wildman–Crippen MR) is 60.1 cm³/mol. The van der Waals surface area contributed by atoms with E-state index >= 15 is 0 Å². The van der Waals surface area contributed by atoms with E-state index in [1.165, 1.54) is 6.07 Å². The maximum atomic E-state index is 10.3. The summed E-state index contributed by atoms with van der Waals surface area (Å²) in [5.41, 5.74) is 0. The van der Waals surface area contributed by atoms with Crippen LogP contribution in [0, 0.1) is 10.1 Å². The van der Waals surface area contributed by atoms with Crippen LogP contribution >= 0.6 is 11.8 Å². The van der Waals surface area contributed by atoms with Crippen LogP contribution in [0.5, 0.6) is 0 Å². The van der Waals surface area contributed by atoms with E-state index in [0.29, 0.717) is 12.3 Å². The number of nitrogens with zero attached hydrogens (tertiary/aromatic N) is 1. The average molecular weight is 230 g/mol. The van der Waals surface area contributed by atoms with Crippen LogP contribution in [0.2, 0.25) is 0 Å². The summed E-state index contributed by atoms with van der Waals surface area (Å²) in [6.07, 6.45) is 3.15. The van der Waals surface area contributed by atoms with Gasteiger partial charge in [-0.1, -0.05) is 0 Å². The van der Waals surface area contributed by atoms with Crippen LogP contribution in [0.1, 0.15) is 12.2 Å². The first-order valence-electron chi connectivity index (χ1n) is 4.67. The van der Waals surface area contributed by atoms with Gasteiger partial charge in [0, 0.05) is 0 Å². The van der Waals surface area contributed by atoms with Gasteiger partial charge in [0.15, 0.2) is 0 Å². The molecule has 0 bridgehead atoms. The molecular weight excluding hydrogens is 216 g/mol. The van der Waals surface area contributed by atoms with Crippen molar-refractivity contribution >= 4 is 17.6 Å². The topological polar surface area (TPSA) is 68.3 Å². The van der Waals surface area contributed by atoms with E-state index in [0.717, 1.165) is 18.7 Å². The molecule has 1 N–H and O–H groups in total. The van der Waals surface area contributed by atoms with Crippen molar-refractivity contribution in [3.8, 4) is 0 Å². The molecule has 0 radical (unpaired) electrons. The Kier molecular flexibility index (Phi) is 5.20. The molecule has 0 unspecified atom stereocenters. The van der Waals surface area contributed by atoms with E-state index in [4.69, 9.17) is 4.42 Å². The molecule has 15 heavy (non-hydrogen) atoms. The van der Waals surface area contributed by atoms with E-state index in [1.54, 1.807) is 17.8 Å². The van der Waals surface area contributed by atoms with Crippen molar-refractivity contribution in [2.24, 2.45) is 0 Å². The molecule has 0 spiro atoms. The zero-order chi connectivity index (χ0) is 11.1. The lowest BCUT2D eigenvalue weighted by Gasteiger charge is -2.00. The Labute approximate surface area is 92.4 Å². The van der Waals surface area contributed by atoms with E-state index in [-0.39, 0.29) is 5.88 Å². The highest BCUT2D eigenvalue weighted by atomic mass is 32.2. The second-order valence-electron chi connectivity index (χ2n) is 3.02. The number of nitrogens with one attached hydrogen (secondary N) is 1. The van der Waals surface area contributed by atoms with Gasteiger partial charge in [0.05, 0.1) is 12.6 Å². The van der Waals surface area contributed by atoms with Crippen LogP contribution in [0.4, 0.5) is 5.88 Å². The van der Waals surface area contributed by atoms with Crippen molar-refractivity contribution in [3.05, 3.63) is 28.0 Å². The lowest BCUT2D eigenvalue weighted by molar-refractivity contribution is -0.402. The maximum absolute atomic E-state index is 10.3. The minimum absolute atomic E-state index is 0.198. The quantitative estimate of drug-likeness (QED) is 0.441. The van der Waals surface area contributed by atoms with Gasteiger partial charge in [-0.2, -0.15) is 11.8 Å². The van der Waals surface area contributed by atoms with Crippen LogP contribution in [-0.4, -0.2) is 23.5 Å². The molecule has 6 heteroatoms. The first-order valence-corrected chi connectivity index (χ1v) is 6.06. The van der Waals surface area contributed by atoms with Crippen LogP contribution in [0.3, 0.4) is 0 Å². The summed E-state index contributed by atoms with van der Waals surface area (Å²) in [5, 5.41) is 13.5. The SMILES string of the molecule is CSCCCNCc1ccc([N+](=O)[O-])o1. The highest BCUT2D eigenvalue weighted by Gasteiger charge is 2.10. The van der Waals surface area contributed by atoms with Crippen molar-refractivity contribution in [2.75, 3.05) is 18.6 Å². The standard InChI is InChI=1S/C9H14N2O3S/c1-15-6-2-5-10-7-8-3-4-9(14-8)11(12)13/h3-4,10H,2,5-7H2,1H3. The molecule has 84 valence electrons. The van der Waals surface area contributed by atoms with Crippen molar-refractivity contribution in [1.82, 2.24) is 5.32 Å². The number of furan rings is 1. The molecule has 0 atom stereocenters. The molecule has 1 aromatic heterocycles. The van der Waals surface area contributed by atoms with Crippen LogP contribution < -0.4 is 5.32 Å². The minimum atomic E-state index is -0.531. The molecule has 0 aromatic carbocycles. The van der Waals surface area contributed by atoms with Gasteiger partial charge in [0.2, 0.25) is 0 Å². The molecule has 0 saturated heterocycles. The fourth-order valence-corrected chi connectivity index (χ4v) is 1.55. The van der Waals surface area contributed by atoms with Gasteiger partial charge in [-0.15, -0.1) is 0 Å². The summed E-state index contributed by atoms with van der Waals surface area (Å²) in [5.74, 6) is 1.52. The Morgan fingerprint density at radius 2 is 2.40 bits per heavy atom. The number of hydrogen-bond donors (Lipinski definition) is 1. The fraction of sp³-hybridized carbons (Fsp3) is 0.556. The summed E-state index contributed by atoms with van der Waals surface area (Å²) in [6, 6.07) is 3.00. The third-order valence-electron chi connectivity index (χ3n) is 1.83. The molecule has 0 amide bonds. The number of rotatable bonds is 7. The zero-order valence-corrected chi connectivity index (χ0v) is 9.38. The molecule has 0 aliphatic carbocycles. The first kappa shape index (κ1) is 12.1. The van der Waals surface area contributed by atoms with Crippen LogP contribution in [0.15, 0.2) is 16.5 Å². The fourth-order valence-electron chi connectivity index (χ4n) is 1.11. The number of nitro groups is 1. The maximum Gasteiger partial charge on any atom is 0.433 e. The molecular formula is C9H14N2O3S. The summed E-state index contributed by atoms with van der Waals surface area (Å²) in [7, 11) is 0. The Morgan fingerprint density at radius 1 is 1.60 bits per heavy atom. The molecule has 1 rings (SSSR count). The van der Waals surface area contributed by atoms with Crippen LogP contribution in [0.25, 0.3) is 0 Å². The molecule has 1 aromatic rings. The lowest BCUT2D eigenvalue weighted by atomic mass is 10.4. The van der Waals surface area contributed by atoms with E-state index in [2.05, 4.69) is 11.6 Å². The van der Waals surface area contributed by atoms with Crippen molar-refractivity contribution in [3.63, 3.8) is 0 Å². The normalized spacial score (nSPS) is 10.5. The summed E-state index contributed by atoms with van der Waals surface area (Å²) >= 11 is 1.80. The third kappa shape index (κ3) is 4.35. The lowest BCUT2D eigenvalue weighted by Crippen LogP contribution is -2.14. The smallest absolute Gasteiger partial charge is 0.404 e. The summed E-state index contributed by atoms with van der Waals surface area (Å²) < 4.78 is 4.98. The Balaban J connectivity index is 2.23. The van der Waals surface area contributed by atoms with Gasteiger partial charge in [-0.3, -0.25) is 10.1 Å². The van der Waals surface area contributed by atoms with E-state index in [1.807, 2.05) is 0 Å². The van der Waals surface area contributed by atoms with Crippen molar-refractivity contribution < 1.29 is 9.34 Å². The second kappa shape index (κ2) is 6.47. The van der Waals surface area contributed by atoms with Gasteiger partial charge in [0.25, 0.3) is 0 Å². The molecule has 0 saturated carbocycles. The van der Waals surface area contributed by atoms with Crippen LogP contribution in [-0.2, 0) is 6.54 Å². The molecule has 0 fully saturated rings. The zero-order valence-electron chi connectivity index (χ0n) is 8.56. The third-order valence-corrected chi connectivity index (χ3v) is 2.53. The number of hydrogen-bond acceptors (Lipinski definition) is 5. The Bertz CT molecular complexity index is 314. The summed E-state index contributed by atoms with van der Waals surface area (Å²) in [4.78, 5) is 9.79.